The van der Waals surface area contributed by atoms with Gasteiger partial charge in [-0.15, -0.1) is 11.3 Å². The van der Waals surface area contributed by atoms with E-state index < -0.39 is 23.2 Å². The van der Waals surface area contributed by atoms with Gasteiger partial charge in [-0.1, -0.05) is 18.5 Å². The van der Waals surface area contributed by atoms with Crippen molar-refractivity contribution in [1.82, 2.24) is 5.32 Å². The van der Waals surface area contributed by atoms with Gasteiger partial charge in [-0.05, 0) is 31.5 Å². The molecule has 0 aliphatic carbocycles. The fraction of sp³-hybridized carbons (Fsp3) is 0.286. The first kappa shape index (κ1) is 15.7. The number of fused-ring (bicyclic) bond motifs is 1. The molecule has 1 aromatic heterocycles. The zero-order valence-electron chi connectivity index (χ0n) is 11.4. The van der Waals surface area contributed by atoms with E-state index in [9.17, 15) is 19.1 Å². The van der Waals surface area contributed by atoms with Crippen LogP contribution in [-0.2, 0) is 4.79 Å². The van der Waals surface area contributed by atoms with Crippen LogP contribution in [0.1, 0.15) is 29.9 Å². The maximum absolute atomic E-state index is 13.2. The van der Waals surface area contributed by atoms with Crippen LogP contribution < -0.4 is 5.32 Å². The highest BCUT2D eigenvalue weighted by atomic mass is 35.5. The van der Waals surface area contributed by atoms with Crippen molar-refractivity contribution in [1.29, 1.82) is 0 Å². The lowest BCUT2D eigenvalue weighted by molar-refractivity contribution is -0.143. The summed E-state index contributed by atoms with van der Waals surface area (Å²) in [7, 11) is 0. The van der Waals surface area contributed by atoms with Gasteiger partial charge in [0.05, 0.1) is 5.02 Å². The van der Waals surface area contributed by atoms with Crippen LogP contribution >= 0.6 is 22.9 Å². The van der Waals surface area contributed by atoms with E-state index in [2.05, 4.69) is 5.32 Å². The molecule has 7 heteroatoms. The Balaban J connectivity index is 2.40. The van der Waals surface area contributed by atoms with Crippen molar-refractivity contribution >= 4 is 44.9 Å². The van der Waals surface area contributed by atoms with Crippen LogP contribution in [0.4, 0.5) is 4.39 Å². The molecule has 2 aromatic rings. The lowest BCUT2D eigenvalue weighted by Crippen LogP contribution is -2.51. The number of hydrogen-bond donors (Lipinski definition) is 2. The summed E-state index contributed by atoms with van der Waals surface area (Å²) in [6.07, 6.45) is 0.227. The van der Waals surface area contributed by atoms with E-state index in [1.165, 1.54) is 25.1 Å². The Morgan fingerprint density at radius 2 is 2.14 bits per heavy atom. The van der Waals surface area contributed by atoms with Crippen molar-refractivity contribution in [3.05, 3.63) is 33.9 Å². The molecule has 1 unspecified atom stereocenters. The largest absolute Gasteiger partial charge is 0.480 e. The summed E-state index contributed by atoms with van der Waals surface area (Å²) in [6.45, 7) is 3.09. The summed E-state index contributed by atoms with van der Waals surface area (Å²) in [4.78, 5) is 23.7. The highest BCUT2D eigenvalue weighted by Crippen LogP contribution is 2.35. The van der Waals surface area contributed by atoms with Gasteiger partial charge in [-0.25, -0.2) is 9.18 Å². The molecule has 112 valence electrons. The van der Waals surface area contributed by atoms with Crippen LogP contribution in [0, 0.1) is 5.82 Å². The first-order valence-corrected chi connectivity index (χ1v) is 7.41. The van der Waals surface area contributed by atoms with Crippen molar-refractivity contribution < 1.29 is 19.1 Å². The minimum Gasteiger partial charge on any atom is -0.480 e. The van der Waals surface area contributed by atoms with E-state index in [0.29, 0.717) is 10.1 Å². The summed E-state index contributed by atoms with van der Waals surface area (Å²) < 4.78 is 13.7. The van der Waals surface area contributed by atoms with Gasteiger partial charge in [0.2, 0.25) is 0 Å². The number of carbonyl (C=O) groups is 2. The summed E-state index contributed by atoms with van der Waals surface area (Å²) in [5.41, 5.74) is -1.37. The van der Waals surface area contributed by atoms with Crippen LogP contribution in [0.2, 0.25) is 5.02 Å². The van der Waals surface area contributed by atoms with E-state index >= 15 is 0 Å². The number of amides is 1. The van der Waals surface area contributed by atoms with Gasteiger partial charge in [0.15, 0.2) is 0 Å². The van der Waals surface area contributed by atoms with Crippen LogP contribution in [0.15, 0.2) is 18.2 Å². The summed E-state index contributed by atoms with van der Waals surface area (Å²) >= 11 is 7.17. The number of carboxylic acids is 1. The Kier molecular flexibility index (Phi) is 4.20. The number of hydrogen-bond acceptors (Lipinski definition) is 3. The standard InChI is InChI=1S/C14H13ClFNO3S/c1-3-14(2,13(19)20)17-12(18)11-10(15)8-5-4-7(16)6-9(8)21-11/h4-6H,3H2,1-2H3,(H,17,18)(H,19,20). The summed E-state index contributed by atoms with van der Waals surface area (Å²) in [5, 5.41) is 12.4. The summed E-state index contributed by atoms with van der Waals surface area (Å²) in [5.74, 6) is -2.12. The van der Waals surface area contributed by atoms with Crippen LogP contribution in [-0.4, -0.2) is 22.5 Å². The first-order chi connectivity index (χ1) is 9.78. The highest BCUT2D eigenvalue weighted by Gasteiger charge is 2.34. The Morgan fingerprint density at radius 1 is 1.48 bits per heavy atom. The average molecular weight is 330 g/mol. The molecule has 2 rings (SSSR count). The molecule has 0 fully saturated rings. The van der Waals surface area contributed by atoms with Crippen molar-refractivity contribution in [2.45, 2.75) is 25.8 Å². The monoisotopic (exact) mass is 329 g/mol. The molecule has 4 nitrogen and oxygen atoms in total. The number of halogens is 2. The zero-order valence-corrected chi connectivity index (χ0v) is 12.9. The molecule has 0 saturated carbocycles. The van der Waals surface area contributed by atoms with Crippen molar-refractivity contribution in [3.63, 3.8) is 0 Å². The summed E-state index contributed by atoms with van der Waals surface area (Å²) in [6, 6.07) is 4.05. The smallest absolute Gasteiger partial charge is 0.329 e. The Bertz CT molecular complexity index is 730. The van der Waals surface area contributed by atoms with Crippen LogP contribution in [0.25, 0.3) is 10.1 Å². The number of carbonyl (C=O) groups excluding carboxylic acids is 1. The lowest BCUT2D eigenvalue weighted by atomic mass is 9.99. The fourth-order valence-electron chi connectivity index (χ4n) is 1.79. The lowest BCUT2D eigenvalue weighted by Gasteiger charge is -2.24. The minimum atomic E-state index is -1.37. The van der Waals surface area contributed by atoms with Crippen molar-refractivity contribution in [2.24, 2.45) is 0 Å². The zero-order chi connectivity index (χ0) is 15.8. The third-order valence-electron chi connectivity index (χ3n) is 3.37. The van der Waals surface area contributed by atoms with E-state index in [-0.39, 0.29) is 16.3 Å². The van der Waals surface area contributed by atoms with Gasteiger partial charge in [-0.2, -0.15) is 0 Å². The van der Waals surface area contributed by atoms with Gasteiger partial charge in [0.1, 0.15) is 16.2 Å². The third kappa shape index (κ3) is 2.87. The van der Waals surface area contributed by atoms with Crippen LogP contribution in [0.5, 0.6) is 0 Å². The second-order valence-electron chi connectivity index (χ2n) is 4.83. The predicted octanol–water partition coefficient (Wildman–Crippen LogP) is 3.68. The number of benzene rings is 1. The van der Waals surface area contributed by atoms with Gasteiger partial charge >= 0.3 is 5.97 Å². The molecule has 1 amide bonds. The molecule has 21 heavy (non-hydrogen) atoms. The van der Waals surface area contributed by atoms with Crippen molar-refractivity contribution in [3.8, 4) is 0 Å². The second-order valence-corrected chi connectivity index (χ2v) is 6.26. The number of nitrogens with one attached hydrogen (secondary N) is 1. The van der Waals surface area contributed by atoms with Crippen LogP contribution in [0.3, 0.4) is 0 Å². The number of aliphatic carboxylic acids is 1. The number of carboxylic acid groups (broad SMARTS) is 1. The van der Waals surface area contributed by atoms with Gasteiger partial charge < -0.3 is 10.4 Å². The Hall–Kier alpha value is -1.66. The maximum atomic E-state index is 13.2. The van der Waals surface area contributed by atoms with E-state index in [1.807, 2.05) is 0 Å². The molecular weight excluding hydrogens is 317 g/mol. The highest BCUT2D eigenvalue weighted by molar-refractivity contribution is 7.21. The van der Waals surface area contributed by atoms with Gasteiger partial charge in [-0.3, -0.25) is 4.79 Å². The molecule has 1 atom stereocenters. The number of thiophene rings is 1. The van der Waals surface area contributed by atoms with Gasteiger partial charge in [0, 0.05) is 10.1 Å². The minimum absolute atomic E-state index is 0.179. The fourth-order valence-corrected chi connectivity index (χ4v) is 3.22. The maximum Gasteiger partial charge on any atom is 0.329 e. The molecule has 0 aliphatic rings. The molecule has 1 aromatic carbocycles. The van der Waals surface area contributed by atoms with Gasteiger partial charge in [0.25, 0.3) is 5.91 Å². The molecule has 0 saturated heterocycles. The topological polar surface area (TPSA) is 66.4 Å². The first-order valence-electron chi connectivity index (χ1n) is 6.22. The Morgan fingerprint density at radius 3 is 2.71 bits per heavy atom. The quantitative estimate of drug-likeness (QED) is 0.899. The predicted molar refractivity (Wildman–Crippen MR) is 80.6 cm³/mol. The molecule has 0 bridgehead atoms. The molecule has 1 heterocycles. The molecule has 0 spiro atoms. The van der Waals surface area contributed by atoms with E-state index in [4.69, 9.17) is 11.6 Å². The molecule has 2 N–H and O–H groups in total. The second kappa shape index (κ2) is 5.61. The molecule has 0 aliphatic heterocycles. The molecular formula is C14H13ClFNO3S. The normalized spacial score (nSPS) is 13.9. The average Bonchev–Trinajstić information content (AvgIpc) is 2.75. The van der Waals surface area contributed by atoms with Crippen molar-refractivity contribution in [2.75, 3.05) is 0 Å². The third-order valence-corrected chi connectivity index (χ3v) is 5.02. The molecule has 0 radical (unpaired) electrons. The number of rotatable bonds is 4. The SMILES string of the molecule is CCC(C)(NC(=O)c1sc2cc(F)ccc2c1Cl)C(=O)O. The Labute approximate surface area is 129 Å². The van der Waals surface area contributed by atoms with E-state index in [1.54, 1.807) is 6.92 Å². The van der Waals surface area contributed by atoms with E-state index in [0.717, 1.165) is 11.3 Å².